The van der Waals surface area contributed by atoms with E-state index >= 15 is 0 Å². The maximum absolute atomic E-state index is 12.1. The number of anilines is 1. The van der Waals surface area contributed by atoms with Gasteiger partial charge in [-0.05, 0) is 51.0 Å². The van der Waals surface area contributed by atoms with Gasteiger partial charge in [-0.15, -0.1) is 0 Å². The van der Waals surface area contributed by atoms with Crippen LogP contribution in [0.5, 0.6) is 0 Å². The predicted octanol–water partition coefficient (Wildman–Crippen LogP) is 4.46. The highest BCUT2D eigenvalue weighted by molar-refractivity contribution is 5.83. The van der Waals surface area contributed by atoms with Gasteiger partial charge in [0.05, 0.1) is 5.69 Å². The van der Waals surface area contributed by atoms with E-state index < -0.39 is 6.09 Å². The Morgan fingerprint density at radius 1 is 1.20 bits per heavy atom. The summed E-state index contributed by atoms with van der Waals surface area (Å²) in [4.78, 5) is 24.1. The molecule has 1 aromatic carbocycles. The van der Waals surface area contributed by atoms with E-state index in [1.807, 2.05) is 36.4 Å². The van der Waals surface area contributed by atoms with Crippen molar-refractivity contribution in [3.05, 3.63) is 47.7 Å². The van der Waals surface area contributed by atoms with Gasteiger partial charge in [0.25, 0.3) is 0 Å². The zero-order valence-corrected chi connectivity index (χ0v) is 17.1. The third-order valence-corrected chi connectivity index (χ3v) is 5.98. The summed E-state index contributed by atoms with van der Waals surface area (Å²) < 4.78 is 10.8. The molecular weight excluding hydrogens is 384 g/mol. The van der Waals surface area contributed by atoms with Gasteiger partial charge in [0.2, 0.25) is 0 Å². The van der Waals surface area contributed by atoms with Crippen LogP contribution in [0.2, 0.25) is 0 Å². The number of amides is 2. The Labute approximate surface area is 175 Å². The van der Waals surface area contributed by atoms with E-state index in [2.05, 4.69) is 27.8 Å². The lowest BCUT2D eigenvalue weighted by molar-refractivity contribution is 0.0813. The number of rotatable bonds is 6. The summed E-state index contributed by atoms with van der Waals surface area (Å²) in [6, 6.07) is 11.3. The van der Waals surface area contributed by atoms with Crippen molar-refractivity contribution < 1.29 is 19.1 Å². The number of ether oxygens (including phenoxy) is 2. The zero-order chi connectivity index (χ0) is 21.0. The number of aromatic nitrogens is 2. The van der Waals surface area contributed by atoms with Gasteiger partial charge in [-0.3, -0.25) is 10.4 Å². The molecule has 8 heteroatoms. The topological polar surface area (TPSA) is 105 Å². The van der Waals surface area contributed by atoms with E-state index in [0.717, 1.165) is 49.8 Å². The van der Waals surface area contributed by atoms with Gasteiger partial charge in [-0.1, -0.05) is 30.3 Å². The van der Waals surface area contributed by atoms with Crippen molar-refractivity contribution in [2.24, 2.45) is 0 Å². The molecule has 2 amide bonds. The van der Waals surface area contributed by atoms with Gasteiger partial charge in [0.15, 0.2) is 0 Å². The second-order valence-corrected chi connectivity index (χ2v) is 8.47. The number of hydrogen-bond acceptors (Lipinski definition) is 5. The molecular formula is C22H28N4O4. The molecule has 3 N–H and O–H groups in total. The number of nitrogens with one attached hydrogen (secondary N) is 3. The third kappa shape index (κ3) is 5.11. The molecule has 2 fully saturated rings. The molecule has 1 aromatic heterocycles. The number of hydrogen-bond donors (Lipinski definition) is 3. The van der Waals surface area contributed by atoms with Crippen LogP contribution in [0.4, 0.5) is 15.4 Å². The SMILES string of the molecule is CC1(NC(=O)O[C@@H]2CC[C@H](c3cc(NC(=O)OCc4ccccc4)[nH]n3)C2)CCC1. The Morgan fingerprint density at radius 3 is 2.73 bits per heavy atom. The standard InChI is InChI=1S/C22H28N4O4/c1-22(10-5-11-22)24-21(28)30-17-9-8-16(12-17)18-13-19(26-25-18)23-20(27)29-14-15-6-3-2-4-7-15/h2-4,6-7,13,16-17H,5,8-12,14H2,1H3,(H,24,28)(H2,23,25,26,27)/t16-,17+/m0/s1. The van der Waals surface area contributed by atoms with Crippen LogP contribution in [-0.4, -0.2) is 34.0 Å². The van der Waals surface area contributed by atoms with Crippen LogP contribution in [0.1, 0.15) is 62.6 Å². The van der Waals surface area contributed by atoms with E-state index in [1.54, 1.807) is 0 Å². The van der Waals surface area contributed by atoms with E-state index in [-0.39, 0.29) is 30.3 Å². The van der Waals surface area contributed by atoms with Crippen molar-refractivity contribution in [1.82, 2.24) is 15.5 Å². The van der Waals surface area contributed by atoms with Crippen molar-refractivity contribution >= 4 is 18.0 Å². The first kappa shape index (κ1) is 20.3. The molecule has 2 aromatic rings. The van der Waals surface area contributed by atoms with Crippen LogP contribution in [-0.2, 0) is 16.1 Å². The Hall–Kier alpha value is -3.03. The first-order chi connectivity index (χ1) is 14.5. The molecule has 0 spiro atoms. The van der Waals surface area contributed by atoms with Crippen LogP contribution < -0.4 is 10.6 Å². The minimum absolute atomic E-state index is 0.104. The average Bonchev–Trinajstić information content (AvgIpc) is 3.35. The fourth-order valence-corrected chi connectivity index (χ4v) is 4.05. The van der Waals surface area contributed by atoms with Crippen LogP contribution in [0.3, 0.4) is 0 Å². The second-order valence-electron chi connectivity index (χ2n) is 8.47. The Kier molecular flexibility index (Phi) is 5.92. The summed E-state index contributed by atoms with van der Waals surface area (Å²) in [5.74, 6) is 0.678. The Balaban J connectivity index is 1.22. The molecule has 0 radical (unpaired) electrons. The van der Waals surface area contributed by atoms with Gasteiger partial charge >= 0.3 is 12.2 Å². The van der Waals surface area contributed by atoms with Crippen LogP contribution in [0, 0.1) is 0 Å². The van der Waals surface area contributed by atoms with E-state index in [1.165, 1.54) is 0 Å². The third-order valence-electron chi connectivity index (χ3n) is 5.98. The number of alkyl carbamates (subject to hydrolysis) is 1. The fourth-order valence-electron chi connectivity index (χ4n) is 4.05. The number of H-pyrrole nitrogens is 1. The van der Waals surface area contributed by atoms with E-state index in [9.17, 15) is 9.59 Å². The van der Waals surface area contributed by atoms with E-state index in [4.69, 9.17) is 9.47 Å². The van der Waals surface area contributed by atoms with Crippen LogP contribution in [0.15, 0.2) is 36.4 Å². The van der Waals surface area contributed by atoms with Crippen LogP contribution >= 0.6 is 0 Å². The highest BCUT2D eigenvalue weighted by atomic mass is 16.6. The number of benzene rings is 1. The van der Waals surface area contributed by atoms with Gasteiger partial charge in [-0.25, -0.2) is 9.59 Å². The molecule has 1 heterocycles. The molecule has 0 bridgehead atoms. The first-order valence-electron chi connectivity index (χ1n) is 10.5. The molecule has 2 atom stereocenters. The monoisotopic (exact) mass is 412 g/mol. The summed E-state index contributed by atoms with van der Waals surface area (Å²) in [7, 11) is 0. The maximum atomic E-state index is 12.1. The second kappa shape index (κ2) is 8.77. The molecule has 8 nitrogen and oxygen atoms in total. The van der Waals surface area contributed by atoms with Crippen molar-refractivity contribution in [2.45, 2.75) is 69.6 Å². The minimum atomic E-state index is -0.539. The van der Waals surface area contributed by atoms with E-state index in [0.29, 0.717) is 5.82 Å². The highest BCUT2D eigenvalue weighted by Crippen LogP contribution is 2.36. The molecule has 160 valence electrons. The quantitative estimate of drug-likeness (QED) is 0.649. The molecule has 30 heavy (non-hydrogen) atoms. The van der Waals surface area contributed by atoms with Gasteiger partial charge < -0.3 is 14.8 Å². The zero-order valence-electron chi connectivity index (χ0n) is 17.1. The summed E-state index contributed by atoms with van der Waals surface area (Å²) >= 11 is 0. The van der Waals surface area contributed by atoms with Crippen LogP contribution in [0.25, 0.3) is 0 Å². The lowest BCUT2D eigenvalue weighted by atomic mass is 9.79. The van der Waals surface area contributed by atoms with Crippen molar-refractivity contribution in [2.75, 3.05) is 5.32 Å². The molecule has 2 aliphatic rings. The first-order valence-corrected chi connectivity index (χ1v) is 10.5. The maximum Gasteiger partial charge on any atom is 0.413 e. The van der Waals surface area contributed by atoms with Crippen molar-refractivity contribution in [3.63, 3.8) is 0 Å². The molecule has 2 saturated carbocycles. The Morgan fingerprint density at radius 2 is 2.00 bits per heavy atom. The highest BCUT2D eigenvalue weighted by Gasteiger charge is 2.36. The number of carbonyl (C=O) groups is 2. The summed E-state index contributed by atoms with van der Waals surface area (Å²) in [6.45, 7) is 2.26. The van der Waals surface area contributed by atoms with Gasteiger partial charge in [-0.2, -0.15) is 5.10 Å². The summed E-state index contributed by atoms with van der Waals surface area (Å²) in [5.41, 5.74) is 1.67. The smallest absolute Gasteiger partial charge is 0.413 e. The van der Waals surface area contributed by atoms with Crippen molar-refractivity contribution in [1.29, 1.82) is 0 Å². The molecule has 0 saturated heterocycles. The average molecular weight is 412 g/mol. The van der Waals surface area contributed by atoms with Crippen molar-refractivity contribution in [3.8, 4) is 0 Å². The van der Waals surface area contributed by atoms with Gasteiger partial charge in [0, 0.05) is 17.5 Å². The predicted molar refractivity (Wildman–Crippen MR) is 111 cm³/mol. The minimum Gasteiger partial charge on any atom is -0.446 e. The lowest BCUT2D eigenvalue weighted by Gasteiger charge is -2.38. The van der Waals surface area contributed by atoms with Gasteiger partial charge in [0.1, 0.15) is 18.5 Å². The normalized spacial score (nSPS) is 22.0. The molecule has 2 aliphatic carbocycles. The Bertz CT molecular complexity index is 878. The summed E-state index contributed by atoms with van der Waals surface area (Å²) in [6.07, 6.45) is 4.61. The molecule has 4 rings (SSSR count). The largest absolute Gasteiger partial charge is 0.446 e. The lowest BCUT2D eigenvalue weighted by Crippen LogP contribution is -2.51. The number of nitrogens with zero attached hydrogens (tertiary/aromatic N) is 1. The number of carbonyl (C=O) groups excluding carboxylic acids is 2. The number of aromatic amines is 1. The molecule has 0 unspecified atom stereocenters. The summed E-state index contributed by atoms with van der Waals surface area (Å²) in [5, 5.41) is 12.8. The molecule has 0 aliphatic heterocycles. The fraction of sp³-hybridized carbons (Fsp3) is 0.500.